The highest BCUT2D eigenvalue weighted by Crippen LogP contribution is 2.38. The lowest BCUT2D eigenvalue weighted by molar-refractivity contribution is 0.00578. The summed E-state index contributed by atoms with van der Waals surface area (Å²) >= 11 is 0. The maximum atomic E-state index is 6.23. The Bertz CT molecular complexity index is 858. The van der Waals surface area contributed by atoms with E-state index in [1.165, 1.54) is 0 Å². The summed E-state index contributed by atoms with van der Waals surface area (Å²) in [6.45, 7) is 22.6. The van der Waals surface area contributed by atoms with Crippen molar-refractivity contribution in [3.63, 3.8) is 0 Å². The van der Waals surface area contributed by atoms with E-state index in [2.05, 4.69) is 117 Å². The largest absolute Gasteiger partial charge is 0.494 e. The van der Waals surface area contributed by atoms with Crippen LogP contribution in [0.2, 0.25) is 0 Å². The molecule has 2 saturated heterocycles. The first-order chi connectivity index (χ1) is 14.8. The molecule has 2 aromatic rings. The third-order valence-corrected chi connectivity index (χ3v) is 7.16. The van der Waals surface area contributed by atoms with Crippen molar-refractivity contribution in [1.82, 2.24) is 0 Å². The zero-order valence-corrected chi connectivity index (χ0v) is 20.8. The molecule has 0 unspecified atom stereocenters. The van der Waals surface area contributed by atoms with Crippen LogP contribution in [0.5, 0.6) is 0 Å². The Morgan fingerprint density at radius 2 is 0.812 bits per heavy atom. The molecule has 0 bridgehead atoms. The molecule has 170 valence electrons. The van der Waals surface area contributed by atoms with Crippen molar-refractivity contribution >= 4 is 25.2 Å². The summed E-state index contributed by atoms with van der Waals surface area (Å²) in [5, 5.41) is 0. The minimum Gasteiger partial charge on any atom is -0.399 e. The standard InChI is InChI=1S/C24H32B2O4.C2H4/c1-21(2)22(3,4)28-25(27-21)19-13-9-11-17(15-19)18-12-10-14-20(16-18)26-29-23(5,6)24(7,8)30-26;1-2/h9-16H,1-8H3;1-2H2. The van der Waals surface area contributed by atoms with Gasteiger partial charge in [-0.2, -0.15) is 0 Å². The van der Waals surface area contributed by atoms with E-state index in [1.807, 2.05) is 0 Å². The molecule has 0 aromatic heterocycles. The molecule has 0 N–H and O–H groups in total. The Labute approximate surface area is 194 Å². The van der Waals surface area contributed by atoms with Gasteiger partial charge >= 0.3 is 14.2 Å². The lowest BCUT2D eigenvalue weighted by atomic mass is 9.76. The molecular weight excluding hydrogens is 398 g/mol. The van der Waals surface area contributed by atoms with Gasteiger partial charge in [-0.05, 0) is 77.4 Å². The van der Waals surface area contributed by atoms with Gasteiger partial charge in [0.25, 0.3) is 0 Å². The molecule has 2 aliphatic rings. The molecule has 0 atom stereocenters. The summed E-state index contributed by atoms with van der Waals surface area (Å²) in [6.07, 6.45) is 0. The van der Waals surface area contributed by atoms with Gasteiger partial charge in [-0.25, -0.2) is 0 Å². The molecule has 4 nitrogen and oxygen atoms in total. The fourth-order valence-electron chi connectivity index (χ4n) is 3.69. The highest BCUT2D eigenvalue weighted by atomic mass is 16.7. The van der Waals surface area contributed by atoms with Crippen LogP contribution in [0.25, 0.3) is 11.1 Å². The molecule has 2 fully saturated rings. The van der Waals surface area contributed by atoms with Crippen LogP contribution in [-0.2, 0) is 18.6 Å². The van der Waals surface area contributed by atoms with Crippen LogP contribution in [0.4, 0.5) is 0 Å². The van der Waals surface area contributed by atoms with E-state index < -0.39 is 0 Å². The summed E-state index contributed by atoms with van der Waals surface area (Å²) in [6, 6.07) is 16.7. The van der Waals surface area contributed by atoms with E-state index in [0.717, 1.165) is 22.1 Å². The minimum atomic E-state index is -0.374. The lowest BCUT2D eigenvalue weighted by Crippen LogP contribution is -2.41. The van der Waals surface area contributed by atoms with Crippen LogP contribution in [0.15, 0.2) is 61.7 Å². The summed E-state index contributed by atoms with van der Waals surface area (Å²) in [5.41, 5.74) is 2.84. The fraction of sp³-hybridized carbons (Fsp3) is 0.462. The maximum Gasteiger partial charge on any atom is 0.494 e. The molecule has 4 rings (SSSR count). The molecule has 2 aromatic carbocycles. The van der Waals surface area contributed by atoms with Gasteiger partial charge in [-0.3, -0.25) is 0 Å². The minimum absolute atomic E-state index is 0.357. The van der Waals surface area contributed by atoms with Gasteiger partial charge in [-0.1, -0.05) is 48.5 Å². The van der Waals surface area contributed by atoms with Gasteiger partial charge in [0, 0.05) is 0 Å². The van der Waals surface area contributed by atoms with Gasteiger partial charge in [-0.15, -0.1) is 13.2 Å². The average Bonchev–Trinajstić information content (AvgIpc) is 3.09. The molecule has 0 amide bonds. The van der Waals surface area contributed by atoms with E-state index in [4.69, 9.17) is 18.6 Å². The highest BCUT2D eigenvalue weighted by Gasteiger charge is 2.52. The first-order valence-electron chi connectivity index (χ1n) is 11.2. The Balaban J connectivity index is 0.00000141. The van der Waals surface area contributed by atoms with Crippen molar-refractivity contribution in [2.45, 2.75) is 77.8 Å². The van der Waals surface area contributed by atoms with Gasteiger partial charge in [0.2, 0.25) is 0 Å². The third kappa shape index (κ3) is 4.47. The van der Waals surface area contributed by atoms with Crippen LogP contribution in [0.1, 0.15) is 55.4 Å². The molecule has 2 aliphatic heterocycles. The molecule has 0 radical (unpaired) electrons. The van der Waals surface area contributed by atoms with Gasteiger partial charge in [0.15, 0.2) is 0 Å². The SMILES string of the molecule is C=C.CC1(C)OB(c2cccc(-c3cccc(B4OC(C)(C)C(C)(C)O4)c3)c2)OC1(C)C. The summed E-state index contributed by atoms with van der Waals surface area (Å²) in [5.74, 6) is 0. The molecule has 2 heterocycles. The summed E-state index contributed by atoms with van der Waals surface area (Å²) in [4.78, 5) is 0. The fourth-order valence-corrected chi connectivity index (χ4v) is 3.69. The quantitative estimate of drug-likeness (QED) is 0.516. The number of rotatable bonds is 3. The molecule has 6 heteroatoms. The van der Waals surface area contributed by atoms with Crippen LogP contribution in [-0.4, -0.2) is 36.6 Å². The molecule has 0 spiro atoms. The van der Waals surface area contributed by atoms with E-state index >= 15 is 0 Å². The van der Waals surface area contributed by atoms with Gasteiger partial charge < -0.3 is 18.6 Å². The zero-order valence-electron chi connectivity index (χ0n) is 20.8. The Morgan fingerprint density at radius 3 is 1.09 bits per heavy atom. The topological polar surface area (TPSA) is 36.9 Å². The lowest BCUT2D eigenvalue weighted by Gasteiger charge is -2.32. The van der Waals surface area contributed by atoms with Crippen LogP contribution in [0.3, 0.4) is 0 Å². The number of hydrogen-bond donors (Lipinski definition) is 0. The smallest absolute Gasteiger partial charge is 0.399 e. The first-order valence-corrected chi connectivity index (χ1v) is 11.2. The first kappa shape index (κ1) is 24.8. The van der Waals surface area contributed by atoms with Gasteiger partial charge in [0.05, 0.1) is 22.4 Å². The molecule has 0 aliphatic carbocycles. The average molecular weight is 434 g/mol. The predicted octanol–water partition coefficient (Wildman–Crippen LogP) is 4.75. The van der Waals surface area contributed by atoms with Crippen molar-refractivity contribution in [1.29, 1.82) is 0 Å². The van der Waals surface area contributed by atoms with Crippen LogP contribution < -0.4 is 10.9 Å². The van der Waals surface area contributed by atoms with Crippen molar-refractivity contribution in [2.75, 3.05) is 0 Å². The predicted molar refractivity (Wildman–Crippen MR) is 135 cm³/mol. The third-order valence-electron chi connectivity index (χ3n) is 7.16. The molecule has 0 saturated carbocycles. The normalized spacial score (nSPS) is 22.4. The monoisotopic (exact) mass is 434 g/mol. The second kappa shape index (κ2) is 8.49. The van der Waals surface area contributed by atoms with Crippen molar-refractivity contribution < 1.29 is 18.6 Å². The summed E-state index contributed by atoms with van der Waals surface area (Å²) in [7, 11) is -0.748. The second-order valence-corrected chi connectivity index (χ2v) is 10.4. The van der Waals surface area contributed by atoms with E-state index in [-0.39, 0.29) is 36.6 Å². The number of benzene rings is 2. The van der Waals surface area contributed by atoms with Crippen molar-refractivity contribution in [3.8, 4) is 11.1 Å². The van der Waals surface area contributed by atoms with E-state index in [0.29, 0.717) is 0 Å². The van der Waals surface area contributed by atoms with Crippen molar-refractivity contribution in [2.24, 2.45) is 0 Å². The molecule has 32 heavy (non-hydrogen) atoms. The Hall–Kier alpha value is -1.85. The van der Waals surface area contributed by atoms with Gasteiger partial charge in [0.1, 0.15) is 0 Å². The van der Waals surface area contributed by atoms with Crippen LogP contribution >= 0.6 is 0 Å². The Kier molecular flexibility index (Phi) is 6.58. The highest BCUT2D eigenvalue weighted by molar-refractivity contribution is 6.62. The van der Waals surface area contributed by atoms with E-state index in [9.17, 15) is 0 Å². The Morgan fingerprint density at radius 1 is 0.531 bits per heavy atom. The van der Waals surface area contributed by atoms with Crippen molar-refractivity contribution in [3.05, 3.63) is 61.7 Å². The second-order valence-electron chi connectivity index (χ2n) is 10.4. The molecular formula is C26H36B2O4. The maximum absolute atomic E-state index is 6.23. The van der Waals surface area contributed by atoms with E-state index in [1.54, 1.807) is 0 Å². The zero-order chi connectivity index (χ0) is 23.9. The summed E-state index contributed by atoms with van der Waals surface area (Å²) < 4.78 is 24.9. The number of hydrogen-bond acceptors (Lipinski definition) is 4. The van der Waals surface area contributed by atoms with Crippen LogP contribution in [0, 0.1) is 0 Å².